The number of rotatable bonds is 7. The first-order valence-electron chi connectivity index (χ1n) is 11.5. The van der Waals surface area contributed by atoms with Gasteiger partial charge >= 0.3 is 6.03 Å². The van der Waals surface area contributed by atoms with Crippen LogP contribution in [0.4, 0.5) is 21.9 Å². The Morgan fingerprint density at radius 2 is 1.69 bits per heavy atom. The number of halogens is 1. The molecule has 9 heteroatoms. The SMILES string of the molecule is Cc1cc(C(=O)Nc2ccncc2)ccc1N(CCN1CCOCC1)C(=O)Nc1ccc(Cl)cc1. The largest absolute Gasteiger partial charge is 0.379 e. The van der Waals surface area contributed by atoms with Gasteiger partial charge in [-0.15, -0.1) is 0 Å². The molecule has 2 heterocycles. The first-order chi connectivity index (χ1) is 17.0. The molecule has 2 N–H and O–H groups in total. The molecule has 0 saturated carbocycles. The van der Waals surface area contributed by atoms with Gasteiger partial charge < -0.3 is 15.4 Å². The molecule has 0 atom stereocenters. The number of nitrogens with one attached hydrogen (secondary N) is 2. The van der Waals surface area contributed by atoms with E-state index in [1.54, 1.807) is 65.8 Å². The third-order valence-corrected chi connectivity index (χ3v) is 6.02. The van der Waals surface area contributed by atoms with Crippen LogP contribution in [-0.2, 0) is 4.74 Å². The minimum absolute atomic E-state index is 0.226. The van der Waals surface area contributed by atoms with Crippen LogP contribution in [0.5, 0.6) is 0 Å². The van der Waals surface area contributed by atoms with E-state index in [2.05, 4.69) is 20.5 Å². The number of aromatic nitrogens is 1. The minimum Gasteiger partial charge on any atom is -0.379 e. The van der Waals surface area contributed by atoms with E-state index in [0.717, 1.165) is 24.3 Å². The van der Waals surface area contributed by atoms with Crippen molar-refractivity contribution in [3.63, 3.8) is 0 Å². The lowest BCUT2D eigenvalue weighted by Crippen LogP contribution is -2.44. The summed E-state index contributed by atoms with van der Waals surface area (Å²) in [6.45, 7) is 6.15. The van der Waals surface area contributed by atoms with E-state index >= 15 is 0 Å². The van der Waals surface area contributed by atoms with Crippen molar-refractivity contribution in [2.75, 3.05) is 54.9 Å². The van der Waals surface area contributed by atoms with Gasteiger partial charge in [0.05, 0.1) is 13.2 Å². The normalized spacial score (nSPS) is 13.8. The van der Waals surface area contributed by atoms with Crippen LogP contribution in [0.3, 0.4) is 0 Å². The fourth-order valence-corrected chi connectivity index (χ4v) is 3.99. The number of anilines is 3. The molecule has 0 unspecified atom stereocenters. The predicted octanol–water partition coefficient (Wildman–Crippen LogP) is 4.67. The standard InChI is InChI=1S/C26H28ClN5O3/c1-19-18-20(25(33)29-23-8-10-28-11-9-23)2-7-24(19)32(13-12-31-14-16-35-17-15-31)26(34)30-22-5-3-21(27)4-6-22/h2-11,18H,12-17H2,1H3,(H,30,34)(H,28,29,33). The number of hydrogen-bond donors (Lipinski definition) is 2. The number of amides is 3. The number of hydrogen-bond acceptors (Lipinski definition) is 5. The summed E-state index contributed by atoms with van der Waals surface area (Å²) in [6, 6.07) is 15.5. The molecular weight excluding hydrogens is 466 g/mol. The van der Waals surface area contributed by atoms with Crippen LogP contribution in [0.2, 0.25) is 5.02 Å². The second-order valence-electron chi connectivity index (χ2n) is 8.23. The molecule has 1 aromatic heterocycles. The van der Waals surface area contributed by atoms with Gasteiger partial charge in [0.1, 0.15) is 0 Å². The van der Waals surface area contributed by atoms with Gasteiger partial charge in [0.15, 0.2) is 0 Å². The third kappa shape index (κ3) is 6.79. The van der Waals surface area contributed by atoms with Gasteiger partial charge in [0.2, 0.25) is 0 Å². The Kier molecular flexibility index (Phi) is 8.31. The summed E-state index contributed by atoms with van der Waals surface area (Å²) in [7, 11) is 0. The smallest absolute Gasteiger partial charge is 0.326 e. The van der Waals surface area contributed by atoms with Crippen molar-refractivity contribution < 1.29 is 14.3 Å². The first-order valence-corrected chi connectivity index (χ1v) is 11.8. The molecule has 182 valence electrons. The monoisotopic (exact) mass is 493 g/mol. The second kappa shape index (κ2) is 11.8. The number of benzene rings is 2. The predicted molar refractivity (Wildman–Crippen MR) is 138 cm³/mol. The highest BCUT2D eigenvalue weighted by molar-refractivity contribution is 6.30. The molecule has 35 heavy (non-hydrogen) atoms. The highest BCUT2D eigenvalue weighted by Crippen LogP contribution is 2.24. The molecular formula is C26H28ClN5O3. The molecule has 1 saturated heterocycles. The Bertz CT molecular complexity index is 1150. The number of ether oxygens (including phenoxy) is 1. The Balaban J connectivity index is 1.53. The van der Waals surface area contributed by atoms with E-state index in [0.29, 0.717) is 48.3 Å². The van der Waals surface area contributed by atoms with Crippen molar-refractivity contribution in [2.24, 2.45) is 0 Å². The number of nitrogens with zero attached hydrogens (tertiary/aromatic N) is 3. The Hall–Kier alpha value is -3.46. The number of morpholine rings is 1. The van der Waals surface area contributed by atoms with E-state index < -0.39 is 0 Å². The highest BCUT2D eigenvalue weighted by atomic mass is 35.5. The summed E-state index contributed by atoms with van der Waals surface area (Å²) in [5.41, 5.74) is 3.39. The quantitative estimate of drug-likeness (QED) is 0.499. The molecule has 3 aromatic rings. The topological polar surface area (TPSA) is 86.8 Å². The minimum atomic E-state index is -0.252. The molecule has 1 aliphatic heterocycles. The van der Waals surface area contributed by atoms with Crippen molar-refractivity contribution in [1.82, 2.24) is 9.88 Å². The number of carbonyl (C=O) groups excluding carboxylic acids is 2. The lowest BCUT2D eigenvalue weighted by atomic mass is 10.1. The molecule has 1 fully saturated rings. The van der Waals surface area contributed by atoms with Crippen molar-refractivity contribution in [3.8, 4) is 0 Å². The van der Waals surface area contributed by atoms with Crippen LogP contribution in [-0.4, -0.2) is 61.2 Å². The van der Waals surface area contributed by atoms with Gasteiger partial charge in [-0.3, -0.25) is 19.6 Å². The fourth-order valence-electron chi connectivity index (χ4n) is 3.86. The molecule has 0 aliphatic carbocycles. The molecule has 0 bridgehead atoms. The van der Waals surface area contributed by atoms with Gasteiger partial charge in [-0.2, -0.15) is 0 Å². The van der Waals surface area contributed by atoms with Gasteiger partial charge in [-0.1, -0.05) is 11.6 Å². The fraction of sp³-hybridized carbons (Fsp3) is 0.269. The average Bonchev–Trinajstić information content (AvgIpc) is 2.87. The maximum absolute atomic E-state index is 13.3. The van der Waals surface area contributed by atoms with Crippen LogP contribution >= 0.6 is 11.6 Å². The molecule has 4 rings (SSSR count). The Morgan fingerprint density at radius 1 is 1.00 bits per heavy atom. The van der Waals surface area contributed by atoms with Crippen molar-refractivity contribution in [1.29, 1.82) is 0 Å². The summed E-state index contributed by atoms with van der Waals surface area (Å²) < 4.78 is 5.44. The molecule has 3 amide bonds. The zero-order valence-electron chi connectivity index (χ0n) is 19.5. The maximum atomic E-state index is 13.3. The van der Waals surface area contributed by atoms with E-state index in [4.69, 9.17) is 16.3 Å². The van der Waals surface area contributed by atoms with Crippen LogP contribution in [0.15, 0.2) is 67.0 Å². The summed E-state index contributed by atoms with van der Waals surface area (Å²) in [4.78, 5) is 34.0. The van der Waals surface area contributed by atoms with Crippen LogP contribution in [0, 0.1) is 6.92 Å². The third-order valence-electron chi connectivity index (χ3n) is 5.77. The van der Waals surface area contributed by atoms with E-state index in [1.165, 1.54) is 0 Å². The van der Waals surface area contributed by atoms with Gasteiger partial charge in [-0.05, 0) is 67.1 Å². The Labute approximate surface area is 209 Å². The van der Waals surface area contributed by atoms with Crippen LogP contribution in [0.1, 0.15) is 15.9 Å². The second-order valence-corrected chi connectivity index (χ2v) is 8.67. The summed E-state index contributed by atoms with van der Waals surface area (Å²) >= 11 is 5.98. The van der Waals surface area contributed by atoms with E-state index in [-0.39, 0.29) is 11.9 Å². The lowest BCUT2D eigenvalue weighted by molar-refractivity contribution is 0.0393. The van der Waals surface area contributed by atoms with Crippen molar-refractivity contribution >= 4 is 40.6 Å². The number of pyridine rings is 1. The average molecular weight is 494 g/mol. The molecule has 0 spiro atoms. The van der Waals surface area contributed by atoms with E-state index in [9.17, 15) is 9.59 Å². The summed E-state index contributed by atoms with van der Waals surface area (Å²) in [6.07, 6.45) is 3.24. The number of aryl methyl sites for hydroxylation is 1. The van der Waals surface area contributed by atoms with Crippen LogP contribution < -0.4 is 15.5 Å². The highest BCUT2D eigenvalue weighted by Gasteiger charge is 2.21. The van der Waals surface area contributed by atoms with Gasteiger partial charge in [-0.25, -0.2) is 4.79 Å². The molecule has 1 aliphatic rings. The van der Waals surface area contributed by atoms with Gasteiger partial charge in [0.25, 0.3) is 5.91 Å². The van der Waals surface area contributed by atoms with E-state index in [1.807, 2.05) is 13.0 Å². The van der Waals surface area contributed by atoms with Crippen molar-refractivity contribution in [3.05, 3.63) is 83.1 Å². The molecule has 8 nitrogen and oxygen atoms in total. The lowest BCUT2D eigenvalue weighted by Gasteiger charge is -2.31. The molecule has 2 aromatic carbocycles. The number of carbonyl (C=O) groups is 2. The van der Waals surface area contributed by atoms with Crippen LogP contribution in [0.25, 0.3) is 0 Å². The summed E-state index contributed by atoms with van der Waals surface area (Å²) in [5, 5.41) is 6.41. The number of urea groups is 1. The van der Waals surface area contributed by atoms with Gasteiger partial charge in [0, 0.05) is 66.2 Å². The van der Waals surface area contributed by atoms with Crippen molar-refractivity contribution in [2.45, 2.75) is 6.92 Å². The first kappa shape index (κ1) is 24.7. The summed E-state index contributed by atoms with van der Waals surface area (Å²) in [5.74, 6) is -0.226. The Morgan fingerprint density at radius 3 is 2.37 bits per heavy atom. The zero-order chi connectivity index (χ0) is 24.6. The zero-order valence-corrected chi connectivity index (χ0v) is 20.3. The maximum Gasteiger partial charge on any atom is 0.326 e. The molecule has 0 radical (unpaired) electrons.